The predicted molar refractivity (Wildman–Crippen MR) is 61.3 cm³/mol. The Hall–Kier alpha value is -1.10. The monoisotopic (exact) mass is 228 g/mol. The standard InChI is InChI=1S/C10H16N2O2S/c1-4-14-9(13)5-6-11-10-12-7(2)8(3)15-10/h4-6H2,1-3H3,(H,11,12). The number of esters is 1. The van der Waals surface area contributed by atoms with Crippen molar-refractivity contribution >= 4 is 22.4 Å². The predicted octanol–water partition coefficient (Wildman–Crippen LogP) is 2.13. The van der Waals surface area contributed by atoms with Crippen LogP contribution in [0.4, 0.5) is 5.13 Å². The number of carbonyl (C=O) groups is 1. The molecule has 0 atom stereocenters. The molecule has 1 N–H and O–H groups in total. The molecule has 0 aromatic carbocycles. The molecule has 15 heavy (non-hydrogen) atoms. The zero-order valence-electron chi connectivity index (χ0n) is 9.29. The highest BCUT2D eigenvalue weighted by molar-refractivity contribution is 7.15. The second-order valence-corrected chi connectivity index (χ2v) is 4.35. The first-order valence-electron chi connectivity index (χ1n) is 4.97. The molecule has 5 heteroatoms. The number of carbonyl (C=O) groups excluding carboxylic acids is 1. The van der Waals surface area contributed by atoms with Gasteiger partial charge >= 0.3 is 5.97 Å². The van der Waals surface area contributed by atoms with Crippen molar-refractivity contribution in [3.8, 4) is 0 Å². The van der Waals surface area contributed by atoms with E-state index in [2.05, 4.69) is 10.3 Å². The fourth-order valence-electron chi connectivity index (χ4n) is 1.05. The Balaban J connectivity index is 2.28. The van der Waals surface area contributed by atoms with Gasteiger partial charge in [0.1, 0.15) is 0 Å². The molecule has 1 rings (SSSR count). The lowest BCUT2D eigenvalue weighted by molar-refractivity contribution is -0.142. The molecule has 0 saturated heterocycles. The van der Waals surface area contributed by atoms with Gasteiger partial charge in [0.15, 0.2) is 5.13 Å². The van der Waals surface area contributed by atoms with Crippen LogP contribution < -0.4 is 5.32 Å². The van der Waals surface area contributed by atoms with Crippen molar-refractivity contribution in [2.24, 2.45) is 0 Å². The van der Waals surface area contributed by atoms with E-state index in [1.165, 1.54) is 4.88 Å². The molecular weight excluding hydrogens is 212 g/mol. The fraction of sp³-hybridized carbons (Fsp3) is 0.600. The molecule has 0 aliphatic rings. The molecule has 0 bridgehead atoms. The molecule has 0 radical (unpaired) electrons. The van der Waals surface area contributed by atoms with E-state index in [1.807, 2.05) is 13.8 Å². The van der Waals surface area contributed by atoms with Gasteiger partial charge in [-0.15, -0.1) is 11.3 Å². The smallest absolute Gasteiger partial charge is 0.307 e. The van der Waals surface area contributed by atoms with Gasteiger partial charge in [0, 0.05) is 11.4 Å². The second kappa shape index (κ2) is 5.70. The third-order valence-electron chi connectivity index (χ3n) is 1.94. The summed E-state index contributed by atoms with van der Waals surface area (Å²) >= 11 is 1.61. The maximum atomic E-state index is 11.0. The number of ether oxygens (including phenoxy) is 1. The first-order valence-corrected chi connectivity index (χ1v) is 5.78. The highest BCUT2D eigenvalue weighted by Crippen LogP contribution is 2.20. The van der Waals surface area contributed by atoms with Crippen molar-refractivity contribution in [3.63, 3.8) is 0 Å². The molecule has 0 unspecified atom stereocenters. The highest BCUT2D eigenvalue weighted by atomic mass is 32.1. The number of nitrogens with one attached hydrogen (secondary N) is 1. The Morgan fingerprint density at radius 3 is 2.80 bits per heavy atom. The lowest BCUT2D eigenvalue weighted by Gasteiger charge is -2.02. The number of aryl methyl sites for hydroxylation is 2. The number of thiazole rings is 1. The molecule has 0 aliphatic heterocycles. The van der Waals surface area contributed by atoms with Crippen molar-refractivity contribution in [3.05, 3.63) is 10.6 Å². The van der Waals surface area contributed by atoms with Crippen LogP contribution in [0.2, 0.25) is 0 Å². The van der Waals surface area contributed by atoms with E-state index in [4.69, 9.17) is 4.74 Å². The summed E-state index contributed by atoms with van der Waals surface area (Å²) in [5, 5.41) is 3.97. The van der Waals surface area contributed by atoms with Crippen molar-refractivity contribution < 1.29 is 9.53 Å². The van der Waals surface area contributed by atoms with Gasteiger partial charge in [0.25, 0.3) is 0 Å². The van der Waals surface area contributed by atoms with E-state index in [-0.39, 0.29) is 5.97 Å². The minimum Gasteiger partial charge on any atom is -0.466 e. The van der Waals surface area contributed by atoms with Crippen molar-refractivity contribution in [1.29, 1.82) is 0 Å². The van der Waals surface area contributed by atoms with E-state index < -0.39 is 0 Å². The van der Waals surface area contributed by atoms with Crippen molar-refractivity contribution in [2.45, 2.75) is 27.2 Å². The molecule has 0 spiro atoms. The van der Waals surface area contributed by atoms with E-state index >= 15 is 0 Å². The number of aromatic nitrogens is 1. The second-order valence-electron chi connectivity index (χ2n) is 3.14. The third-order valence-corrected chi connectivity index (χ3v) is 2.97. The van der Waals surface area contributed by atoms with Crippen LogP contribution in [0.15, 0.2) is 0 Å². The Bertz CT molecular complexity index is 317. The van der Waals surface area contributed by atoms with E-state index in [0.29, 0.717) is 19.6 Å². The largest absolute Gasteiger partial charge is 0.466 e. The Kier molecular flexibility index (Phi) is 4.55. The Labute approximate surface area is 93.7 Å². The van der Waals surface area contributed by atoms with Gasteiger partial charge in [-0.1, -0.05) is 0 Å². The summed E-state index contributed by atoms with van der Waals surface area (Å²) in [7, 11) is 0. The van der Waals surface area contributed by atoms with Gasteiger partial charge in [-0.25, -0.2) is 4.98 Å². The number of hydrogen-bond donors (Lipinski definition) is 1. The highest BCUT2D eigenvalue weighted by Gasteiger charge is 2.04. The van der Waals surface area contributed by atoms with Crippen LogP contribution in [0.5, 0.6) is 0 Å². The average molecular weight is 228 g/mol. The summed E-state index contributed by atoms with van der Waals surface area (Å²) < 4.78 is 4.81. The SMILES string of the molecule is CCOC(=O)CCNc1nc(C)c(C)s1. The van der Waals surface area contributed by atoms with Crippen LogP contribution in [-0.2, 0) is 9.53 Å². The summed E-state index contributed by atoms with van der Waals surface area (Å²) in [5.74, 6) is -0.171. The van der Waals surface area contributed by atoms with Crippen LogP contribution in [0.1, 0.15) is 23.9 Å². The lowest BCUT2D eigenvalue weighted by atomic mass is 10.4. The lowest BCUT2D eigenvalue weighted by Crippen LogP contribution is -2.11. The van der Waals surface area contributed by atoms with Crippen LogP contribution in [-0.4, -0.2) is 24.1 Å². The average Bonchev–Trinajstić information content (AvgIpc) is 2.46. The minimum atomic E-state index is -0.171. The van der Waals surface area contributed by atoms with Crippen LogP contribution in [0.3, 0.4) is 0 Å². The molecule has 0 aliphatic carbocycles. The van der Waals surface area contributed by atoms with E-state index in [0.717, 1.165) is 10.8 Å². The third kappa shape index (κ3) is 3.87. The number of nitrogens with zero attached hydrogens (tertiary/aromatic N) is 1. The summed E-state index contributed by atoms with van der Waals surface area (Å²) in [6.07, 6.45) is 0.380. The molecule has 1 aromatic heterocycles. The first kappa shape index (κ1) is 12.0. The number of anilines is 1. The first-order chi connectivity index (χ1) is 7.13. The zero-order valence-corrected chi connectivity index (χ0v) is 10.1. The molecule has 0 fully saturated rings. The molecular formula is C10H16N2O2S. The van der Waals surface area contributed by atoms with Crippen LogP contribution in [0.25, 0.3) is 0 Å². The van der Waals surface area contributed by atoms with Crippen LogP contribution in [0, 0.1) is 13.8 Å². The Morgan fingerprint density at radius 2 is 2.27 bits per heavy atom. The van der Waals surface area contributed by atoms with Crippen molar-refractivity contribution in [2.75, 3.05) is 18.5 Å². The fourth-order valence-corrected chi connectivity index (χ4v) is 1.89. The maximum Gasteiger partial charge on any atom is 0.307 e. The normalized spacial score (nSPS) is 10.1. The summed E-state index contributed by atoms with van der Waals surface area (Å²) in [6.45, 7) is 6.82. The van der Waals surface area contributed by atoms with Gasteiger partial charge < -0.3 is 10.1 Å². The maximum absolute atomic E-state index is 11.0. The van der Waals surface area contributed by atoms with Gasteiger partial charge in [-0.3, -0.25) is 4.79 Å². The molecule has 0 amide bonds. The van der Waals surface area contributed by atoms with Crippen molar-refractivity contribution in [1.82, 2.24) is 4.98 Å². The number of rotatable bonds is 5. The molecule has 1 aromatic rings. The van der Waals surface area contributed by atoms with E-state index in [9.17, 15) is 4.79 Å². The Morgan fingerprint density at radius 1 is 1.53 bits per heavy atom. The molecule has 84 valence electrons. The quantitative estimate of drug-likeness (QED) is 0.784. The topological polar surface area (TPSA) is 51.2 Å². The van der Waals surface area contributed by atoms with E-state index in [1.54, 1.807) is 18.3 Å². The van der Waals surface area contributed by atoms with Gasteiger partial charge in [-0.05, 0) is 20.8 Å². The number of hydrogen-bond acceptors (Lipinski definition) is 5. The zero-order chi connectivity index (χ0) is 11.3. The van der Waals surface area contributed by atoms with Gasteiger partial charge in [0.2, 0.25) is 0 Å². The summed E-state index contributed by atoms with van der Waals surface area (Å²) in [4.78, 5) is 16.5. The molecule has 1 heterocycles. The van der Waals surface area contributed by atoms with Crippen LogP contribution >= 0.6 is 11.3 Å². The summed E-state index contributed by atoms with van der Waals surface area (Å²) in [6, 6.07) is 0. The minimum absolute atomic E-state index is 0.171. The van der Waals surface area contributed by atoms with Gasteiger partial charge in [0.05, 0.1) is 18.7 Å². The van der Waals surface area contributed by atoms with Gasteiger partial charge in [-0.2, -0.15) is 0 Å². The molecule has 0 saturated carbocycles. The summed E-state index contributed by atoms with van der Waals surface area (Å²) in [5.41, 5.74) is 1.04. The molecule has 4 nitrogen and oxygen atoms in total.